The third-order valence-corrected chi connectivity index (χ3v) is 6.53. The van der Waals surface area contributed by atoms with E-state index in [2.05, 4.69) is 42.6 Å². The molecule has 1 atom stereocenters. The van der Waals surface area contributed by atoms with Crippen molar-refractivity contribution >= 4 is 23.3 Å². The van der Waals surface area contributed by atoms with Gasteiger partial charge in [0.1, 0.15) is 11.5 Å². The van der Waals surface area contributed by atoms with E-state index in [9.17, 15) is 4.79 Å². The smallest absolute Gasteiger partial charge is 0.268 e. The van der Waals surface area contributed by atoms with Gasteiger partial charge < -0.3 is 20.5 Å². The van der Waals surface area contributed by atoms with Gasteiger partial charge in [-0.3, -0.25) is 4.79 Å². The standard InChI is InChI=1S/C25H29ClN8O/c1-16-13-29-24(31-20-6-8-34(2)9-7-20)12-21(16)18-11-22(28-14-18)25(35)32-23(15-30-33-27)17-4-3-5-19(26)10-17/h3-5,10-14,20,23,28H,6-9,15H2,1-2H3,(H,29,31)(H,32,35)/t23-/m1/s1. The zero-order chi connectivity index (χ0) is 24.8. The molecule has 0 unspecified atom stereocenters. The van der Waals surface area contributed by atoms with Crippen LogP contribution >= 0.6 is 11.6 Å². The highest BCUT2D eigenvalue weighted by molar-refractivity contribution is 6.30. The number of hydrogen-bond acceptors (Lipinski definition) is 5. The molecule has 10 heteroatoms. The van der Waals surface area contributed by atoms with Gasteiger partial charge in [0.2, 0.25) is 0 Å². The Balaban J connectivity index is 1.49. The SMILES string of the molecule is Cc1cnc(NC2CCN(C)CC2)cc1-c1c[nH]c(C(=O)N[C@H](CN=[N+]=[N-])c2cccc(Cl)c2)c1. The monoisotopic (exact) mass is 492 g/mol. The molecule has 0 radical (unpaired) electrons. The number of nitrogens with one attached hydrogen (secondary N) is 3. The minimum atomic E-state index is -0.503. The lowest BCUT2D eigenvalue weighted by molar-refractivity contribution is 0.0933. The summed E-state index contributed by atoms with van der Waals surface area (Å²) in [6.07, 6.45) is 5.84. The van der Waals surface area contributed by atoms with Gasteiger partial charge in [-0.1, -0.05) is 28.8 Å². The highest BCUT2D eigenvalue weighted by Crippen LogP contribution is 2.27. The molecule has 2 aromatic heterocycles. The number of aryl methyl sites for hydroxylation is 1. The van der Waals surface area contributed by atoms with Gasteiger partial charge in [0.15, 0.2) is 0 Å². The molecule has 0 saturated carbocycles. The summed E-state index contributed by atoms with van der Waals surface area (Å²) in [5.74, 6) is 0.536. The second-order valence-electron chi connectivity index (χ2n) is 8.90. The number of piperidine rings is 1. The summed E-state index contributed by atoms with van der Waals surface area (Å²) >= 11 is 6.11. The van der Waals surface area contributed by atoms with E-state index in [1.165, 1.54) is 0 Å². The maximum absolute atomic E-state index is 13.0. The summed E-state index contributed by atoms with van der Waals surface area (Å²) in [5, 5.41) is 10.7. The number of benzene rings is 1. The second kappa shape index (κ2) is 11.3. The van der Waals surface area contributed by atoms with Gasteiger partial charge >= 0.3 is 0 Å². The van der Waals surface area contributed by atoms with Gasteiger partial charge in [-0.2, -0.15) is 0 Å². The van der Waals surface area contributed by atoms with Crippen molar-refractivity contribution in [2.75, 3.05) is 32.0 Å². The van der Waals surface area contributed by atoms with Crippen LogP contribution in [0.3, 0.4) is 0 Å². The number of halogens is 1. The number of carbonyl (C=O) groups is 1. The number of carbonyl (C=O) groups excluding carboxylic acids is 1. The Morgan fingerprint density at radius 2 is 2.14 bits per heavy atom. The number of nitrogens with zero attached hydrogens (tertiary/aromatic N) is 5. The third-order valence-electron chi connectivity index (χ3n) is 6.30. The lowest BCUT2D eigenvalue weighted by Crippen LogP contribution is -2.36. The Bertz CT molecular complexity index is 1230. The van der Waals surface area contributed by atoms with Crippen molar-refractivity contribution in [3.05, 3.63) is 81.1 Å². The normalized spacial score (nSPS) is 15.3. The first kappa shape index (κ1) is 24.6. The van der Waals surface area contributed by atoms with E-state index >= 15 is 0 Å². The molecule has 3 heterocycles. The Hall–Kier alpha value is -3.52. The van der Waals surface area contributed by atoms with Crippen molar-refractivity contribution in [1.82, 2.24) is 20.2 Å². The van der Waals surface area contributed by atoms with Gasteiger partial charge in [-0.05, 0) is 86.4 Å². The summed E-state index contributed by atoms with van der Waals surface area (Å²) in [5.41, 5.74) is 12.9. The Labute approximate surface area is 209 Å². The van der Waals surface area contributed by atoms with E-state index in [0.29, 0.717) is 16.8 Å². The molecule has 1 aliphatic heterocycles. The van der Waals surface area contributed by atoms with Crippen molar-refractivity contribution in [1.29, 1.82) is 0 Å². The molecule has 0 bridgehead atoms. The highest BCUT2D eigenvalue weighted by Gasteiger charge is 2.19. The minimum absolute atomic E-state index is 0.0750. The third kappa shape index (κ3) is 6.33. The van der Waals surface area contributed by atoms with Crippen LogP contribution < -0.4 is 10.6 Å². The molecule has 1 fully saturated rings. The first-order valence-corrected chi connectivity index (χ1v) is 12.0. The van der Waals surface area contributed by atoms with Crippen LogP contribution in [-0.4, -0.2) is 53.5 Å². The Morgan fingerprint density at radius 3 is 2.89 bits per heavy atom. The molecule has 1 amide bonds. The molecular weight excluding hydrogens is 464 g/mol. The summed E-state index contributed by atoms with van der Waals surface area (Å²) in [4.78, 5) is 25.8. The molecule has 182 valence electrons. The second-order valence-corrected chi connectivity index (χ2v) is 9.34. The van der Waals surface area contributed by atoms with Crippen molar-refractivity contribution in [2.45, 2.75) is 31.8 Å². The van der Waals surface area contributed by atoms with Crippen LogP contribution in [0.1, 0.15) is 40.5 Å². The van der Waals surface area contributed by atoms with Crippen LogP contribution in [0.5, 0.6) is 0 Å². The first-order chi connectivity index (χ1) is 16.9. The predicted octanol–water partition coefficient (Wildman–Crippen LogP) is 5.33. The lowest BCUT2D eigenvalue weighted by Gasteiger charge is -2.29. The van der Waals surface area contributed by atoms with Gasteiger partial charge in [0.05, 0.1) is 12.6 Å². The van der Waals surface area contributed by atoms with E-state index < -0.39 is 6.04 Å². The summed E-state index contributed by atoms with van der Waals surface area (Å²) in [7, 11) is 2.14. The van der Waals surface area contributed by atoms with Gasteiger partial charge in [0.25, 0.3) is 5.91 Å². The van der Waals surface area contributed by atoms with E-state index in [0.717, 1.165) is 54.0 Å². The molecule has 35 heavy (non-hydrogen) atoms. The van der Waals surface area contributed by atoms with E-state index in [1.54, 1.807) is 18.2 Å². The maximum atomic E-state index is 13.0. The average Bonchev–Trinajstić information content (AvgIpc) is 3.34. The number of rotatable bonds is 8. The highest BCUT2D eigenvalue weighted by atomic mass is 35.5. The number of anilines is 1. The van der Waals surface area contributed by atoms with Gasteiger partial charge in [-0.25, -0.2) is 4.98 Å². The number of hydrogen-bond donors (Lipinski definition) is 3. The molecule has 1 aliphatic rings. The molecule has 0 aliphatic carbocycles. The fourth-order valence-electron chi connectivity index (χ4n) is 4.27. The van der Waals surface area contributed by atoms with Crippen LogP contribution in [0.4, 0.5) is 5.82 Å². The first-order valence-electron chi connectivity index (χ1n) is 11.6. The van der Waals surface area contributed by atoms with Crippen molar-refractivity contribution in [2.24, 2.45) is 5.11 Å². The van der Waals surface area contributed by atoms with Crippen molar-refractivity contribution in [3.8, 4) is 11.1 Å². The molecule has 1 aromatic carbocycles. The van der Waals surface area contributed by atoms with Crippen LogP contribution in [0.25, 0.3) is 21.6 Å². The molecule has 3 aromatic rings. The fourth-order valence-corrected chi connectivity index (χ4v) is 4.47. The quantitative estimate of drug-likeness (QED) is 0.223. The molecule has 1 saturated heterocycles. The Morgan fingerprint density at radius 1 is 1.34 bits per heavy atom. The minimum Gasteiger partial charge on any atom is -0.367 e. The van der Waals surface area contributed by atoms with Crippen LogP contribution in [0, 0.1) is 6.92 Å². The van der Waals surface area contributed by atoms with E-state index in [1.807, 2.05) is 37.5 Å². The number of aromatic amines is 1. The van der Waals surface area contributed by atoms with Crippen LogP contribution in [-0.2, 0) is 0 Å². The summed E-state index contributed by atoms with van der Waals surface area (Å²) in [6, 6.07) is 10.9. The van der Waals surface area contributed by atoms with Crippen LogP contribution in [0.15, 0.2) is 53.9 Å². The topological polar surface area (TPSA) is 122 Å². The number of azide groups is 1. The maximum Gasteiger partial charge on any atom is 0.268 e. The number of aromatic nitrogens is 2. The van der Waals surface area contributed by atoms with E-state index in [-0.39, 0.29) is 12.5 Å². The fraction of sp³-hybridized carbons (Fsp3) is 0.360. The number of amides is 1. The zero-order valence-electron chi connectivity index (χ0n) is 19.8. The van der Waals surface area contributed by atoms with Crippen molar-refractivity contribution < 1.29 is 4.79 Å². The predicted molar refractivity (Wildman–Crippen MR) is 139 cm³/mol. The number of likely N-dealkylation sites (tertiary alicyclic amines) is 1. The largest absolute Gasteiger partial charge is 0.367 e. The molecule has 4 rings (SSSR count). The zero-order valence-corrected chi connectivity index (χ0v) is 20.6. The summed E-state index contributed by atoms with van der Waals surface area (Å²) < 4.78 is 0. The molecular formula is C25H29ClN8O. The summed E-state index contributed by atoms with van der Waals surface area (Å²) in [6.45, 7) is 4.22. The molecule has 3 N–H and O–H groups in total. The lowest BCUT2D eigenvalue weighted by atomic mass is 10.0. The molecule has 9 nitrogen and oxygen atoms in total. The number of H-pyrrole nitrogens is 1. The van der Waals surface area contributed by atoms with Crippen molar-refractivity contribution in [3.63, 3.8) is 0 Å². The van der Waals surface area contributed by atoms with Gasteiger partial charge in [0, 0.05) is 33.9 Å². The average molecular weight is 493 g/mol. The van der Waals surface area contributed by atoms with Crippen LogP contribution in [0.2, 0.25) is 5.02 Å². The van der Waals surface area contributed by atoms with Gasteiger partial charge in [-0.15, -0.1) is 0 Å². The Kier molecular flexibility index (Phi) is 7.92. The molecule has 0 spiro atoms. The van der Waals surface area contributed by atoms with E-state index in [4.69, 9.17) is 17.1 Å². The number of pyridine rings is 1.